The van der Waals surface area contributed by atoms with Crippen molar-refractivity contribution in [3.8, 4) is 23.0 Å². The van der Waals surface area contributed by atoms with Crippen molar-refractivity contribution in [1.29, 1.82) is 0 Å². The second kappa shape index (κ2) is 5.51. The number of halogens is 2. The summed E-state index contributed by atoms with van der Waals surface area (Å²) >= 11 is 8.33. The lowest BCUT2D eigenvalue weighted by Crippen LogP contribution is -1.89. The van der Waals surface area contributed by atoms with Crippen LogP contribution in [0.15, 0.2) is 25.7 Å². The summed E-state index contributed by atoms with van der Waals surface area (Å²) in [5.41, 5.74) is 8.53. The minimum Gasteiger partial charge on any atom is -0.390 e. The normalized spacial score (nSPS) is 11.0. The van der Waals surface area contributed by atoms with Gasteiger partial charge in [-0.25, -0.2) is 0 Å². The molecule has 3 heterocycles. The van der Waals surface area contributed by atoms with Crippen LogP contribution in [-0.4, -0.2) is 15.1 Å². The summed E-state index contributed by atoms with van der Waals surface area (Å²) in [4.78, 5) is 9.86. The number of anilines is 1. The van der Waals surface area contributed by atoms with Gasteiger partial charge in [0.15, 0.2) is 0 Å². The molecule has 0 spiro atoms. The van der Waals surface area contributed by atoms with E-state index in [9.17, 15) is 0 Å². The van der Waals surface area contributed by atoms with Gasteiger partial charge >= 0.3 is 0 Å². The van der Waals surface area contributed by atoms with Gasteiger partial charge in [0.05, 0.1) is 10.6 Å². The van der Waals surface area contributed by atoms with E-state index < -0.39 is 0 Å². The number of hydrogen-bond acceptors (Lipinski definition) is 6. The van der Waals surface area contributed by atoms with Gasteiger partial charge in [-0.1, -0.05) is 5.16 Å². The van der Waals surface area contributed by atoms with Crippen LogP contribution >= 0.6 is 43.2 Å². The van der Waals surface area contributed by atoms with Crippen LogP contribution < -0.4 is 5.73 Å². The molecule has 0 unspecified atom stereocenters. The van der Waals surface area contributed by atoms with Crippen LogP contribution in [0.5, 0.6) is 0 Å². The summed E-state index contributed by atoms with van der Waals surface area (Å²) < 4.78 is 7.02. The molecule has 0 saturated heterocycles. The molecule has 8 heteroatoms. The minimum atomic E-state index is 0.418. The van der Waals surface area contributed by atoms with Crippen molar-refractivity contribution in [2.75, 3.05) is 5.73 Å². The minimum absolute atomic E-state index is 0.418. The van der Waals surface area contributed by atoms with Crippen molar-refractivity contribution >= 4 is 48.2 Å². The Balaban J connectivity index is 2.08. The van der Waals surface area contributed by atoms with Crippen LogP contribution in [0.1, 0.15) is 10.4 Å². The lowest BCUT2D eigenvalue weighted by Gasteiger charge is -1.98. The molecule has 0 aromatic carbocycles. The summed E-state index contributed by atoms with van der Waals surface area (Å²) in [6.07, 6.45) is 1.68. The van der Waals surface area contributed by atoms with E-state index in [-0.39, 0.29) is 0 Å². The number of nitrogens with two attached hydrogens (primary N) is 1. The molecule has 0 amide bonds. The first-order chi connectivity index (χ1) is 9.97. The van der Waals surface area contributed by atoms with Crippen LogP contribution in [0.25, 0.3) is 23.0 Å². The molecule has 0 aliphatic rings. The third kappa shape index (κ3) is 2.63. The fourth-order valence-electron chi connectivity index (χ4n) is 1.92. The fraction of sp³-hybridized carbons (Fsp3) is 0.154. The van der Waals surface area contributed by atoms with Gasteiger partial charge in [-0.15, -0.1) is 11.3 Å². The third-order valence-corrected chi connectivity index (χ3v) is 5.15. The Morgan fingerprint density at radius 2 is 2.05 bits per heavy atom. The zero-order chi connectivity index (χ0) is 15.1. The second-order valence-corrected chi connectivity index (χ2v) is 7.46. The molecule has 0 aliphatic heterocycles. The van der Waals surface area contributed by atoms with E-state index in [1.165, 1.54) is 11.3 Å². The summed E-state index contributed by atoms with van der Waals surface area (Å²) in [5, 5.41) is 4.68. The van der Waals surface area contributed by atoms with E-state index in [1.54, 1.807) is 6.20 Å². The molecule has 3 rings (SSSR count). The van der Waals surface area contributed by atoms with Gasteiger partial charge in [0, 0.05) is 20.0 Å². The molecule has 5 nitrogen and oxygen atoms in total. The predicted octanol–water partition coefficient (Wildman–Crippen LogP) is 4.58. The molecule has 0 bridgehead atoms. The van der Waals surface area contributed by atoms with E-state index in [0.29, 0.717) is 22.4 Å². The molecule has 0 fully saturated rings. The molecule has 0 saturated carbocycles. The van der Waals surface area contributed by atoms with Crippen LogP contribution in [0.2, 0.25) is 0 Å². The number of nitrogens with zero attached hydrogens (tertiary/aromatic N) is 3. The maximum absolute atomic E-state index is 6.03. The molecular weight excluding hydrogens is 420 g/mol. The standard InChI is InChI=1S/C13H10Br2N4OS/c1-5-6(2)21-11(16)9(5)13-18-12(19-20-13)10-8(15)3-7(14)4-17-10/h3-4H,16H2,1-2H3. The van der Waals surface area contributed by atoms with Crippen molar-refractivity contribution in [2.45, 2.75) is 13.8 Å². The number of hydrogen-bond donors (Lipinski definition) is 1. The molecular formula is C13H10Br2N4OS. The number of rotatable bonds is 2. The highest BCUT2D eigenvalue weighted by molar-refractivity contribution is 9.11. The molecule has 0 atom stereocenters. The topological polar surface area (TPSA) is 77.8 Å². The molecule has 108 valence electrons. The van der Waals surface area contributed by atoms with Crippen molar-refractivity contribution in [3.05, 3.63) is 31.6 Å². The maximum atomic E-state index is 6.03. The van der Waals surface area contributed by atoms with Crippen LogP contribution in [-0.2, 0) is 0 Å². The Morgan fingerprint density at radius 3 is 2.67 bits per heavy atom. The smallest absolute Gasteiger partial charge is 0.261 e. The quantitative estimate of drug-likeness (QED) is 0.644. The number of aromatic nitrogens is 3. The highest BCUT2D eigenvalue weighted by Gasteiger charge is 2.20. The zero-order valence-electron chi connectivity index (χ0n) is 11.1. The lowest BCUT2D eigenvalue weighted by molar-refractivity contribution is 0.432. The number of aryl methyl sites for hydroxylation is 1. The van der Waals surface area contributed by atoms with E-state index in [0.717, 1.165) is 24.9 Å². The highest BCUT2D eigenvalue weighted by atomic mass is 79.9. The first-order valence-corrected chi connectivity index (χ1v) is 8.38. The zero-order valence-corrected chi connectivity index (χ0v) is 15.1. The van der Waals surface area contributed by atoms with Crippen molar-refractivity contribution < 1.29 is 4.52 Å². The molecule has 21 heavy (non-hydrogen) atoms. The van der Waals surface area contributed by atoms with E-state index in [1.807, 2.05) is 19.9 Å². The summed E-state index contributed by atoms with van der Waals surface area (Å²) in [5.74, 6) is 0.841. The van der Waals surface area contributed by atoms with Crippen molar-refractivity contribution in [1.82, 2.24) is 15.1 Å². The predicted molar refractivity (Wildman–Crippen MR) is 90.1 cm³/mol. The van der Waals surface area contributed by atoms with Crippen LogP contribution in [0, 0.1) is 13.8 Å². The van der Waals surface area contributed by atoms with Gasteiger partial charge in [-0.05, 0) is 57.3 Å². The molecule has 0 aliphatic carbocycles. The van der Waals surface area contributed by atoms with Crippen molar-refractivity contribution in [2.24, 2.45) is 0 Å². The molecule has 2 N–H and O–H groups in total. The highest BCUT2D eigenvalue weighted by Crippen LogP contribution is 2.38. The average molecular weight is 430 g/mol. The summed E-state index contributed by atoms with van der Waals surface area (Å²) in [6, 6.07) is 1.88. The molecule has 3 aromatic heterocycles. The maximum Gasteiger partial charge on any atom is 0.261 e. The fourth-order valence-corrected chi connectivity index (χ4v) is 4.01. The Bertz CT molecular complexity index is 828. The first-order valence-electron chi connectivity index (χ1n) is 5.98. The number of pyridine rings is 1. The lowest BCUT2D eigenvalue weighted by atomic mass is 10.1. The van der Waals surface area contributed by atoms with Gasteiger partial charge in [0.1, 0.15) is 5.69 Å². The second-order valence-electron chi connectivity index (χ2n) is 4.43. The van der Waals surface area contributed by atoms with Gasteiger partial charge < -0.3 is 10.3 Å². The molecule has 0 radical (unpaired) electrons. The van der Waals surface area contributed by atoms with E-state index >= 15 is 0 Å². The number of nitrogen functional groups attached to an aromatic ring is 1. The van der Waals surface area contributed by atoms with Crippen molar-refractivity contribution in [3.63, 3.8) is 0 Å². The largest absolute Gasteiger partial charge is 0.390 e. The Labute approximate surface area is 141 Å². The Hall–Kier alpha value is -1.25. The van der Waals surface area contributed by atoms with Crippen LogP contribution in [0.4, 0.5) is 5.00 Å². The van der Waals surface area contributed by atoms with E-state index in [2.05, 4.69) is 47.0 Å². The number of thiophene rings is 1. The van der Waals surface area contributed by atoms with Gasteiger partial charge in [-0.3, -0.25) is 4.98 Å². The molecule has 3 aromatic rings. The summed E-state index contributed by atoms with van der Waals surface area (Å²) in [7, 11) is 0. The van der Waals surface area contributed by atoms with Gasteiger partial charge in [0.25, 0.3) is 5.89 Å². The van der Waals surface area contributed by atoms with Gasteiger partial charge in [0.2, 0.25) is 5.82 Å². The Morgan fingerprint density at radius 1 is 1.29 bits per heavy atom. The third-order valence-electron chi connectivity index (χ3n) is 3.07. The van der Waals surface area contributed by atoms with Crippen LogP contribution in [0.3, 0.4) is 0 Å². The SMILES string of the molecule is Cc1sc(N)c(-c2nc(-c3ncc(Br)cc3Br)no2)c1C. The average Bonchev–Trinajstić information content (AvgIpc) is 2.96. The van der Waals surface area contributed by atoms with Gasteiger partial charge in [-0.2, -0.15) is 4.98 Å². The Kier molecular flexibility index (Phi) is 3.85. The van der Waals surface area contributed by atoms with E-state index in [4.69, 9.17) is 10.3 Å². The first kappa shape index (κ1) is 14.7. The summed E-state index contributed by atoms with van der Waals surface area (Å²) in [6.45, 7) is 4.01. The monoisotopic (exact) mass is 428 g/mol.